The number of fused-ring (bicyclic) bond motifs is 2. The molecule has 6 rings (SSSR count). The third kappa shape index (κ3) is 5.50. The number of carbonyl (C=O) groups is 2. The maximum atomic E-state index is 13.8. The molecule has 1 aliphatic heterocycles. The largest absolute Gasteiger partial charge is 0.383 e. The average molecular weight is 548 g/mol. The monoisotopic (exact) mass is 547 g/mol. The molecule has 4 N–H and O–H groups in total. The summed E-state index contributed by atoms with van der Waals surface area (Å²) >= 11 is 0. The topological polar surface area (TPSA) is 96.4 Å². The molecule has 1 aromatic heterocycles. The number of halogens is 1. The van der Waals surface area contributed by atoms with Crippen molar-refractivity contribution in [1.82, 2.24) is 26.1 Å². The van der Waals surface area contributed by atoms with E-state index in [1.165, 1.54) is 17.7 Å². The lowest BCUT2D eigenvalue weighted by molar-refractivity contribution is -0.123. The van der Waals surface area contributed by atoms with Gasteiger partial charge in [-0.15, -0.1) is 0 Å². The Hall–Kier alpha value is -3.27. The molecule has 8 nitrogen and oxygen atoms in total. The van der Waals surface area contributed by atoms with Crippen molar-refractivity contribution in [2.75, 3.05) is 13.7 Å². The summed E-state index contributed by atoms with van der Waals surface area (Å²) in [6.07, 6.45) is 6.87. The number of nitrogens with one attached hydrogen (secondary N) is 4. The molecule has 212 valence electrons. The molecule has 2 aliphatic carbocycles. The lowest BCUT2D eigenvalue weighted by atomic mass is 9.75. The molecule has 0 radical (unpaired) electrons. The van der Waals surface area contributed by atoms with Gasteiger partial charge in [-0.25, -0.2) is 9.82 Å². The maximum Gasteiger partial charge on any atom is 0.253 e. The Balaban J connectivity index is 1.21. The SMILES string of the molecule is COCCn1cc(C(=O)N[C@@H](C)c2cccc(F)c2)c2cc(C3CCC4C(C3)NNC4NC(=O)C3CC3)ccc21. The summed E-state index contributed by atoms with van der Waals surface area (Å²) in [5.74, 6) is 0.574. The van der Waals surface area contributed by atoms with E-state index < -0.39 is 0 Å². The van der Waals surface area contributed by atoms with Gasteiger partial charge >= 0.3 is 0 Å². The normalized spacial score (nSPS) is 25.0. The Morgan fingerprint density at radius 2 is 1.98 bits per heavy atom. The summed E-state index contributed by atoms with van der Waals surface area (Å²) < 4.78 is 21.2. The molecule has 40 heavy (non-hydrogen) atoms. The minimum Gasteiger partial charge on any atom is -0.383 e. The number of aromatic nitrogens is 1. The van der Waals surface area contributed by atoms with Crippen molar-refractivity contribution in [2.45, 2.75) is 69.7 Å². The van der Waals surface area contributed by atoms with E-state index in [1.54, 1.807) is 13.2 Å². The van der Waals surface area contributed by atoms with Crippen molar-refractivity contribution in [2.24, 2.45) is 11.8 Å². The second-order valence-corrected chi connectivity index (χ2v) is 11.6. The van der Waals surface area contributed by atoms with Gasteiger partial charge < -0.3 is 19.9 Å². The van der Waals surface area contributed by atoms with Crippen LogP contribution in [0.2, 0.25) is 0 Å². The minimum absolute atomic E-state index is 0.0216. The van der Waals surface area contributed by atoms with E-state index in [1.807, 2.05) is 19.2 Å². The number of hydrogen-bond donors (Lipinski definition) is 4. The molecule has 0 spiro atoms. The van der Waals surface area contributed by atoms with Crippen LogP contribution >= 0.6 is 0 Å². The summed E-state index contributed by atoms with van der Waals surface area (Å²) in [7, 11) is 1.67. The van der Waals surface area contributed by atoms with E-state index in [0.717, 1.165) is 48.6 Å². The van der Waals surface area contributed by atoms with Crippen LogP contribution in [0.3, 0.4) is 0 Å². The molecule has 1 saturated heterocycles. The fourth-order valence-electron chi connectivity index (χ4n) is 6.38. The quantitative estimate of drug-likeness (QED) is 0.323. The number of nitrogens with zero attached hydrogens (tertiary/aromatic N) is 1. The molecule has 5 atom stereocenters. The first-order valence-corrected chi connectivity index (χ1v) is 14.4. The van der Waals surface area contributed by atoms with E-state index in [-0.39, 0.29) is 41.8 Å². The van der Waals surface area contributed by atoms with Crippen molar-refractivity contribution < 1.29 is 18.7 Å². The van der Waals surface area contributed by atoms with E-state index in [2.05, 4.69) is 44.3 Å². The molecule has 3 fully saturated rings. The van der Waals surface area contributed by atoms with Crippen LogP contribution < -0.4 is 21.5 Å². The third-order valence-electron chi connectivity index (χ3n) is 8.86. The number of hydrazine groups is 1. The molecule has 9 heteroatoms. The summed E-state index contributed by atoms with van der Waals surface area (Å²) in [5, 5.41) is 7.17. The molecular weight excluding hydrogens is 509 g/mol. The van der Waals surface area contributed by atoms with Gasteiger partial charge in [0.2, 0.25) is 5.91 Å². The lowest BCUT2D eigenvalue weighted by Gasteiger charge is -2.33. The average Bonchev–Trinajstić information content (AvgIpc) is 3.65. The second-order valence-electron chi connectivity index (χ2n) is 11.6. The zero-order valence-electron chi connectivity index (χ0n) is 23.1. The predicted octanol–water partition coefficient (Wildman–Crippen LogP) is 4.13. The molecule has 3 aliphatic rings. The summed E-state index contributed by atoms with van der Waals surface area (Å²) in [4.78, 5) is 25.9. The van der Waals surface area contributed by atoms with E-state index in [4.69, 9.17) is 4.74 Å². The van der Waals surface area contributed by atoms with Gasteiger partial charge in [-0.2, -0.15) is 0 Å². The molecule has 2 saturated carbocycles. The van der Waals surface area contributed by atoms with Crippen LogP contribution in [-0.2, 0) is 16.1 Å². The van der Waals surface area contributed by atoms with Crippen LogP contribution in [0.25, 0.3) is 10.9 Å². The highest BCUT2D eigenvalue weighted by molar-refractivity contribution is 6.07. The molecule has 2 aromatic carbocycles. The van der Waals surface area contributed by atoms with Gasteiger partial charge in [0.25, 0.3) is 5.91 Å². The molecule has 2 amide bonds. The Morgan fingerprint density at radius 1 is 1.12 bits per heavy atom. The highest BCUT2D eigenvalue weighted by atomic mass is 19.1. The minimum atomic E-state index is -0.340. The number of ether oxygens (including phenoxy) is 1. The van der Waals surface area contributed by atoms with E-state index >= 15 is 0 Å². The van der Waals surface area contributed by atoms with Crippen molar-refractivity contribution in [3.8, 4) is 0 Å². The zero-order valence-corrected chi connectivity index (χ0v) is 23.1. The number of carbonyl (C=O) groups excluding carboxylic acids is 2. The second kappa shape index (κ2) is 11.3. The van der Waals surface area contributed by atoms with Gasteiger partial charge in [-0.3, -0.25) is 15.0 Å². The third-order valence-corrected chi connectivity index (χ3v) is 8.86. The van der Waals surface area contributed by atoms with E-state index in [0.29, 0.717) is 30.6 Å². The maximum absolute atomic E-state index is 13.8. The van der Waals surface area contributed by atoms with Crippen molar-refractivity contribution in [1.29, 1.82) is 0 Å². The van der Waals surface area contributed by atoms with Crippen LogP contribution in [0.4, 0.5) is 4.39 Å². The van der Waals surface area contributed by atoms with Gasteiger partial charge in [0.15, 0.2) is 0 Å². The fourth-order valence-corrected chi connectivity index (χ4v) is 6.38. The fraction of sp³-hybridized carbons (Fsp3) is 0.484. The Morgan fingerprint density at radius 3 is 2.75 bits per heavy atom. The number of amides is 2. The highest BCUT2D eigenvalue weighted by Gasteiger charge is 2.42. The first-order chi connectivity index (χ1) is 19.4. The predicted molar refractivity (Wildman–Crippen MR) is 151 cm³/mol. The smallest absolute Gasteiger partial charge is 0.253 e. The van der Waals surface area contributed by atoms with Gasteiger partial charge in [0.1, 0.15) is 5.82 Å². The van der Waals surface area contributed by atoms with Crippen molar-refractivity contribution in [3.63, 3.8) is 0 Å². The summed E-state index contributed by atoms with van der Waals surface area (Å²) in [5.41, 5.74) is 10.3. The lowest BCUT2D eigenvalue weighted by Crippen LogP contribution is -2.47. The Kier molecular flexibility index (Phi) is 7.61. The Bertz CT molecular complexity index is 1400. The molecule has 0 bridgehead atoms. The first kappa shape index (κ1) is 26.9. The van der Waals surface area contributed by atoms with Gasteiger partial charge in [0, 0.05) is 48.6 Å². The highest BCUT2D eigenvalue weighted by Crippen LogP contribution is 2.40. The van der Waals surface area contributed by atoms with Gasteiger partial charge in [-0.05, 0) is 80.3 Å². The van der Waals surface area contributed by atoms with Crippen LogP contribution in [0.5, 0.6) is 0 Å². The van der Waals surface area contributed by atoms with Crippen LogP contribution in [0.15, 0.2) is 48.7 Å². The van der Waals surface area contributed by atoms with Crippen LogP contribution in [0.1, 0.15) is 72.5 Å². The number of methoxy groups -OCH3 is 1. The zero-order chi connectivity index (χ0) is 27.8. The summed E-state index contributed by atoms with van der Waals surface area (Å²) in [6, 6.07) is 12.7. The van der Waals surface area contributed by atoms with E-state index in [9.17, 15) is 14.0 Å². The molecule has 3 aromatic rings. The van der Waals surface area contributed by atoms with Crippen LogP contribution in [0, 0.1) is 17.7 Å². The summed E-state index contributed by atoms with van der Waals surface area (Å²) in [6.45, 7) is 3.04. The van der Waals surface area contributed by atoms with Gasteiger partial charge in [-0.1, -0.05) is 18.2 Å². The van der Waals surface area contributed by atoms with Gasteiger partial charge in [0.05, 0.1) is 24.4 Å². The van der Waals surface area contributed by atoms with Crippen molar-refractivity contribution >= 4 is 22.7 Å². The number of hydrogen-bond acceptors (Lipinski definition) is 5. The molecule has 2 heterocycles. The first-order valence-electron chi connectivity index (χ1n) is 14.4. The van der Waals surface area contributed by atoms with Crippen molar-refractivity contribution in [3.05, 3.63) is 71.2 Å². The number of rotatable bonds is 9. The number of benzene rings is 2. The van der Waals surface area contributed by atoms with Crippen LogP contribution in [-0.4, -0.2) is 42.3 Å². The molecule has 4 unspecified atom stereocenters. The Labute approximate surface area is 234 Å². The standard InChI is InChI=1S/C31H38FN5O3/c1-18(20-4-3-5-23(32)14-20)33-31(39)26-17-37(12-13-40-2)28-11-9-21(15-25(26)28)22-8-10-24-27(16-22)35-36-29(24)34-30(38)19-6-7-19/h3-5,9,11,14-15,17-19,22,24,27,29,35-36H,6-8,10,12-13,16H2,1-2H3,(H,33,39)(H,34,38)/t18-,22?,24?,27?,29?/m0/s1. The molecular formula is C31H38FN5O3.